The lowest BCUT2D eigenvalue weighted by Crippen LogP contribution is -2.51. The first-order chi connectivity index (χ1) is 17.4. The number of hydrogen-bond acceptors (Lipinski definition) is 3. The summed E-state index contributed by atoms with van der Waals surface area (Å²) >= 11 is 0. The van der Waals surface area contributed by atoms with Gasteiger partial charge >= 0.3 is 5.97 Å². The van der Waals surface area contributed by atoms with Gasteiger partial charge in [0, 0.05) is 18.3 Å². The largest absolute Gasteiger partial charge is 0.462 e. The maximum Gasteiger partial charge on any atom is 0.306 e. The average molecular weight is 499 g/mol. The van der Waals surface area contributed by atoms with Gasteiger partial charge in [-0.25, -0.2) is 0 Å². The zero-order valence-electron chi connectivity index (χ0n) is 23.8. The van der Waals surface area contributed by atoms with Gasteiger partial charge in [0.2, 0.25) is 0 Å². The first-order valence-corrected chi connectivity index (χ1v) is 15.8. The van der Waals surface area contributed by atoms with Gasteiger partial charge in [-0.2, -0.15) is 0 Å². The minimum Gasteiger partial charge on any atom is -0.462 e. The highest BCUT2D eigenvalue weighted by atomic mass is 16.5. The third-order valence-corrected chi connectivity index (χ3v) is 11.1. The number of unbranched alkanes of at least 4 members (excludes halogenated alkanes) is 10. The summed E-state index contributed by atoms with van der Waals surface area (Å²) in [5, 5.41) is 0. The molecule has 3 fully saturated rings. The van der Waals surface area contributed by atoms with Crippen molar-refractivity contribution in [1.29, 1.82) is 0 Å². The second kappa shape index (κ2) is 12.6. The highest BCUT2D eigenvalue weighted by Crippen LogP contribution is 2.65. The van der Waals surface area contributed by atoms with Crippen LogP contribution >= 0.6 is 0 Å². The van der Waals surface area contributed by atoms with E-state index >= 15 is 0 Å². The van der Waals surface area contributed by atoms with Gasteiger partial charge in [-0.1, -0.05) is 90.6 Å². The summed E-state index contributed by atoms with van der Waals surface area (Å²) < 4.78 is 6.21. The van der Waals surface area contributed by atoms with Crippen molar-refractivity contribution in [2.75, 3.05) is 0 Å². The highest BCUT2D eigenvalue weighted by Gasteiger charge is 2.59. The second-order valence-corrected chi connectivity index (χ2v) is 13.4. The van der Waals surface area contributed by atoms with Crippen LogP contribution in [0.2, 0.25) is 0 Å². The molecule has 4 aliphatic rings. The Morgan fingerprint density at radius 1 is 0.833 bits per heavy atom. The number of allylic oxidation sites excluding steroid dienone is 1. The molecule has 3 saturated carbocycles. The Balaban J connectivity index is 1.17. The summed E-state index contributed by atoms with van der Waals surface area (Å²) in [4.78, 5) is 24.8. The van der Waals surface area contributed by atoms with Crippen LogP contribution in [-0.2, 0) is 14.3 Å². The molecular weight excluding hydrogens is 444 g/mol. The summed E-state index contributed by atoms with van der Waals surface area (Å²) in [5.41, 5.74) is 1.81. The molecule has 0 radical (unpaired) electrons. The molecule has 36 heavy (non-hydrogen) atoms. The van der Waals surface area contributed by atoms with E-state index in [0.29, 0.717) is 24.0 Å². The monoisotopic (exact) mass is 498 g/mol. The predicted octanol–water partition coefficient (Wildman–Crippen LogP) is 9.13. The van der Waals surface area contributed by atoms with Crippen LogP contribution in [0.3, 0.4) is 0 Å². The number of ether oxygens (including phenoxy) is 1. The first kappa shape index (κ1) is 27.9. The fourth-order valence-electron chi connectivity index (χ4n) is 8.86. The van der Waals surface area contributed by atoms with Crippen molar-refractivity contribution in [3.05, 3.63) is 11.6 Å². The van der Waals surface area contributed by atoms with E-state index in [-0.39, 0.29) is 22.9 Å². The second-order valence-electron chi connectivity index (χ2n) is 13.4. The van der Waals surface area contributed by atoms with E-state index in [1.807, 2.05) is 6.08 Å². The molecule has 0 bridgehead atoms. The molecule has 3 heteroatoms. The zero-order valence-corrected chi connectivity index (χ0v) is 23.8. The third kappa shape index (κ3) is 6.12. The van der Waals surface area contributed by atoms with E-state index in [0.717, 1.165) is 44.4 Å². The Kier molecular flexibility index (Phi) is 9.78. The molecule has 0 aromatic rings. The van der Waals surface area contributed by atoms with Gasteiger partial charge in [0.1, 0.15) is 6.10 Å². The Morgan fingerprint density at radius 3 is 2.19 bits per heavy atom. The fourth-order valence-corrected chi connectivity index (χ4v) is 8.86. The average Bonchev–Trinajstić information content (AvgIpc) is 3.19. The molecule has 4 rings (SSSR count). The van der Waals surface area contributed by atoms with Crippen molar-refractivity contribution >= 4 is 11.8 Å². The van der Waals surface area contributed by atoms with Crippen molar-refractivity contribution in [2.24, 2.45) is 28.6 Å². The van der Waals surface area contributed by atoms with E-state index in [1.54, 1.807) is 0 Å². The Morgan fingerprint density at radius 2 is 1.50 bits per heavy atom. The van der Waals surface area contributed by atoms with E-state index in [1.165, 1.54) is 89.0 Å². The summed E-state index contributed by atoms with van der Waals surface area (Å²) in [6, 6.07) is 0. The number of fused-ring (bicyclic) bond motifs is 5. The summed E-state index contributed by atoms with van der Waals surface area (Å²) in [7, 11) is 0. The third-order valence-electron chi connectivity index (χ3n) is 11.1. The number of carbonyl (C=O) groups excluding carboxylic acids is 2. The first-order valence-electron chi connectivity index (χ1n) is 15.8. The van der Waals surface area contributed by atoms with Crippen LogP contribution in [0.5, 0.6) is 0 Å². The Hall–Kier alpha value is -1.12. The summed E-state index contributed by atoms with van der Waals surface area (Å²) in [6.45, 7) is 7.15. The molecule has 6 atom stereocenters. The number of ketones is 1. The lowest BCUT2D eigenvalue weighted by Gasteiger charge is -2.57. The molecule has 0 aliphatic heterocycles. The lowest BCUT2D eigenvalue weighted by atomic mass is 9.47. The predicted molar refractivity (Wildman–Crippen MR) is 148 cm³/mol. The minimum absolute atomic E-state index is 0.0477. The summed E-state index contributed by atoms with van der Waals surface area (Å²) in [6.07, 6.45) is 25.8. The molecule has 0 amide bonds. The van der Waals surface area contributed by atoms with Crippen LogP contribution in [0, 0.1) is 28.6 Å². The van der Waals surface area contributed by atoms with Crippen LogP contribution in [-0.4, -0.2) is 17.9 Å². The lowest BCUT2D eigenvalue weighted by molar-refractivity contribution is -0.160. The fraction of sp³-hybridized carbons (Fsp3) is 0.879. The minimum atomic E-state index is 0.0477. The molecule has 204 valence electrons. The van der Waals surface area contributed by atoms with E-state index < -0.39 is 0 Å². The number of rotatable bonds is 13. The van der Waals surface area contributed by atoms with Crippen LogP contribution in [0.15, 0.2) is 11.6 Å². The Bertz CT molecular complexity index is 784. The van der Waals surface area contributed by atoms with Crippen molar-refractivity contribution in [2.45, 2.75) is 155 Å². The molecule has 0 N–H and O–H groups in total. The van der Waals surface area contributed by atoms with Crippen molar-refractivity contribution in [3.63, 3.8) is 0 Å². The highest BCUT2D eigenvalue weighted by molar-refractivity contribution is 5.91. The maximum absolute atomic E-state index is 12.8. The number of esters is 1. The quantitative estimate of drug-likeness (QED) is 0.188. The molecular formula is C33H54O3. The standard InChI is InChI=1S/C33H54O3/c1-4-5-6-7-8-9-10-11-12-13-14-15-31(35)36-30-19-18-28-27-17-16-25-24-26(34)20-22-32(25,2)29(27)21-23-33(28,30)3/h24,27-30H,4-23H2,1-3H3/t27-,28-,29-,30-,32-,33-/m0/s1. The van der Waals surface area contributed by atoms with Gasteiger partial charge in [-0.15, -0.1) is 0 Å². The smallest absolute Gasteiger partial charge is 0.306 e. The van der Waals surface area contributed by atoms with Gasteiger partial charge < -0.3 is 4.74 Å². The Labute approximate surface area is 221 Å². The number of carbonyl (C=O) groups is 2. The van der Waals surface area contributed by atoms with Gasteiger partial charge in [0.25, 0.3) is 0 Å². The van der Waals surface area contributed by atoms with E-state index in [4.69, 9.17) is 4.74 Å². The zero-order chi connectivity index (χ0) is 25.6. The molecule has 3 nitrogen and oxygen atoms in total. The molecule has 0 unspecified atom stereocenters. The van der Waals surface area contributed by atoms with E-state index in [2.05, 4.69) is 20.8 Å². The molecule has 4 aliphatic carbocycles. The summed E-state index contributed by atoms with van der Waals surface area (Å²) in [5.74, 6) is 2.50. The van der Waals surface area contributed by atoms with Gasteiger partial charge in [0.05, 0.1) is 0 Å². The van der Waals surface area contributed by atoms with Crippen LogP contribution < -0.4 is 0 Å². The molecule has 0 aromatic carbocycles. The van der Waals surface area contributed by atoms with Gasteiger partial charge in [-0.3, -0.25) is 9.59 Å². The van der Waals surface area contributed by atoms with Crippen molar-refractivity contribution < 1.29 is 14.3 Å². The van der Waals surface area contributed by atoms with Gasteiger partial charge in [-0.05, 0) is 80.6 Å². The SMILES string of the molecule is CCCCCCCCCCCCCC(=O)O[C@H]1CC[C@H]2[C@@H]3CCC4=CC(=O)CC[C@]4(C)[C@H]3CC[C@]12C. The van der Waals surface area contributed by atoms with Crippen molar-refractivity contribution in [1.82, 2.24) is 0 Å². The number of hydrogen-bond donors (Lipinski definition) is 0. The normalized spacial score (nSPS) is 35.5. The van der Waals surface area contributed by atoms with Gasteiger partial charge in [0.15, 0.2) is 5.78 Å². The topological polar surface area (TPSA) is 43.4 Å². The van der Waals surface area contributed by atoms with E-state index in [9.17, 15) is 9.59 Å². The van der Waals surface area contributed by atoms with Crippen LogP contribution in [0.1, 0.15) is 149 Å². The maximum atomic E-state index is 12.8. The molecule has 0 spiro atoms. The molecule has 0 aromatic heterocycles. The molecule has 0 saturated heterocycles. The van der Waals surface area contributed by atoms with Crippen LogP contribution in [0.25, 0.3) is 0 Å². The van der Waals surface area contributed by atoms with Crippen LogP contribution in [0.4, 0.5) is 0 Å². The van der Waals surface area contributed by atoms with Crippen molar-refractivity contribution in [3.8, 4) is 0 Å². The molecule has 0 heterocycles.